The zero-order valence-corrected chi connectivity index (χ0v) is 16.9. The van der Waals surface area contributed by atoms with Gasteiger partial charge in [0.2, 0.25) is 0 Å². The summed E-state index contributed by atoms with van der Waals surface area (Å²) in [5, 5.41) is 9.95. The third-order valence-corrected chi connectivity index (χ3v) is 6.23. The fraction of sp³-hybridized carbons (Fsp3) is 0. The second-order valence-electron chi connectivity index (χ2n) is 6.81. The van der Waals surface area contributed by atoms with E-state index in [1.54, 1.807) is 28.8 Å². The summed E-state index contributed by atoms with van der Waals surface area (Å²) in [5.74, 6) is 0.0999. The monoisotopic (exact) mass is 425 g/mol. The molecule has 0 atom stereocenters. The van der Waals surface area contributed by atoms with Gasteiger partial charge in [-0.2, -0.15) is 5.26 Å². The molecule has 0 bridgehead atoms. The van der Waals surface area contributed by atoms with Crippen LogP contribution in [0.25, 0.3) is 27.9 Å². The summed E-state index contributed by atoms with van der Waals surface area (Å²) in [7, 11) is -3.95. The Hall–Kier alpha value is -4.22. The van der Waals surface area contributed by atoms with E-state index in [4.69, 9.17) is 4.98 Å². The molecule has 3 aromatic carbocycles. The predicted octanol–water partition coefficient (Wildman–Crippen LogP) is 4.25. The first-order valence-corrected chi connectivity index (χ1v) is 10.9. The van der Waals surface area contributed by atoms with Crippen molar-refractivity contribution >= 4 is 38.0 Å². The Morgan fingerprint density at radius 3 is 2.03 bits per heavy atom. The smallest absolute Gasteiger partial charge is 0.263 e. The van der Waals surface area contributed by atoms with E-state index in [1.165, 1.54) is 12.1 Å². The van der Waals surface area contributed by atoms with Gasteiger partial charge in [0.15, 0.2) is 5.65 Å². The third kappa shape index (κ3) is 3.17. The Balaban J connectivity index is 1.84. The standard InChI is InChI=1S/C23H15N5O2S/c24-15-18-21-23(26-20-14-8-7-13-19(20)25-21)28(16-9-3-1-4-10-16)22(18)27-31(29,30)17-11-5-2-6-12-17/h1-14,27H. The number of hydrogen-bond donors (Lipinski definition) is 1. The summed E-state index contributed by atoms with van der Waals surface area (Å²) in [6, 6.07) is 26.6. The maximum Gasteiger partial charge on any atom is 0.263 e. The average molecular weight is 425 g/mol. The highest BCUT2D eigenvalue weighted by atomic mass is 32.2. The fourth-order valence-corrected chi connectivity index (χ4v) is 4.54. The molecule has 0 saturated heterocycles. The molecule has 2 aromatic heterocycles. The van der Waals surface area contributed by atoms with Gasteiger partial charge in [0.05, 0.1) is 15.9 Å². The molecular weight excluding hydrogens is 410 g/mol. The number of hydrogen-bond acceptors (Lipinski definition) is 5. The molecule has 0 saturated carbocycles. The van der Waals surface area contributed by atoms with Gasteiger partial charge in [-0.3, -0.25) is 9.29 Å². The SMILES string of the molecule is N#Cc1c(NS(=O)(=O)c2ccccc2)n(-c2ccccc2)c2nc3ccccc3nc12. The van der Waals surface area contributed by atoms with Crippen molar-refractivity contribution in [1.82, 2.24) is 14.5 Å². The van der Waals surface area contributed by atoms with Crippen molar-refractivity contribution < 1.29 is 8.42 Å². The lowest BCUT2D eigenvalue weighted by Crippen LogP contribution is -2.16. The van der Waals surface area contributed by atoms with Gasteiger partial charge in [0.1, 0.15) is 23.0 Å². The molecule has 1 N–H and O–H groups in total. The number of nitrogens with one attached hydrogen (secondary N) is 1. The van der Waals surface area contributed by atoms with Crippen molar-refractivity contribution in [2.75, 3.05) is 4.72 Å². The number of para-hydroxylation sites is 3. The second-order valence-corrected chi connectivity index (χ2v) is 8.49. The second kappa shape index (κ2) is 7.23. The van der Waals surface area contributed by atoms with E-state index in [0.717, 1.165) is 0 Å². The van der Waals surface area contributed by atoms with Crippen molar-refractivity contribution in [2.45, 2.75) is 4.90 Å². The predicted molar refractivity (Wildman–Crippen MR) is 118 cm³/mol. The molecule has 8 heteroatoms. The first-order chi connectivity index (χ1) is 15.1. The molecule has 0 radical (unpaired) electrons. The van der Waals surface area contributed by atoms with Gasteiger partial charge in [-0.25, -0.2) is 18.4 Å². The quantitative estimate of drug-likeness (QED) is 0.464. The first-order valence-electron chi connectivity index (χ1n) is 9.43. The van der Waals surface area contributed by atoms with E-state index in [0.29, 0.717) is 27.9 Å². The Morgan fingerprint density at radius 2 is 1.39 bits per heavy atom. The molecule has 5 aromatic rings. The molecule has 0 unspecified atom stereocenters. The van der Waals surface area contributed by atoms with Gasteiger partial charge in [-0.05, 0) is 36.4 Å². The van der Waals surface area contributed by atoms with Crippen LogP contribution in [-0.2, 0) is 10.0 Å². The number of fused-ring (bicyclic) bond motifs is 2. The van der Waals surface area contributed by atoms with Gasteiger partial charge in [-0.1, -0.05) is 48.5 Å². The van der Waals surface area contributed by atoms with Crippen LogP contribution < -0.4 is 4.72 Å². The summed E-state index contributed by atoms with van der Waals surface area (Å²) >= 11 is 0. The van der Waals surface area contributed by atoms with Crippen molar-refractivity contribution in [1.29, 1.82) is 5.26 Å². The molecule has 0 fully saturated rings. The molecular formula is C23H15N5O2S. The van der Waals surface area contributed by atoms with Crippen LogP contribution >= 0.6 is 0 Å². The lowest BCUT2D eigenvalue weighted by molar-refractivity contribution is 0.601. The highest BCUT2D eigenvalue weighted by Crippen LogP contribution is 2.33. The fourth-order valence-electron chi connectivity index (χ4n) is 3.46. The number of anilines is 1. The third-order valence-electron chi connectivity index (χ3n) is 4.87. The number of aromatic nitrogens is 3. The number of benzene rings is 3. The lowest BCUT2D eigenvalue weighted by Gasteiger charge is -2.13. The summed E-state index contributed by atoms with van der Waals surface area (Å²) in [5.41, 5.74) is 2.75. The van der Waals surface area contributed by atoms with E-state index in [9.17, 15) is 13.7 Å². The molecule has 0 aliphatic heterocycles. The van der Waals surface area contributed by atoms with Crippen LogP contribution in [0.1, 0.15) is 5.56 Å². The van der Waals surface area contributed by atoms with Crippen molar-refractivity contribution in [3.8, 4) is 11.8 Å². The largest absolute Gasteiger partial charge is 0.277 e. The minimum Gasteiger partial charge on any atom is -0.277 e. The maximum absolute atomic E-state index is 13.1. The van der Waals surface area contributed by atoms with Crippen LogP contribution in [-0.4, -0.2) is 23.0 Å². The van der Waals surface area contributed by atoms with Gasteiger partial charge in [0.25, 0.3) is 10.0 Å². The van der Waals surface area contributed by atoms with Crippen LogP contribution in [0.2, 0.25) is 0 Å². The van der Waals surface area contributed by atoms with Crippen molar-refractivity contribution in [3.63, 3.8) is 0 Å². The number of nitrogens with zero attached hydrogens (tertiary/aromatic N) is 4. The number of nitriles is 1. The topological polar surface area (TPSA) is 101 Å². The van der Waals surface area contributed by atoms with Gasteiger partial charge in [0, 0.05) is 5.69 Å². The number of rotatable bonds is 4. The van der Waals surface area contributed by atoms with E-state index in [-0.39, 0.29) is 16.3 Å². The van der Waals surface area contributed by atoms with Gasteiger partial charge < -0.3 is 0 Å². The summed E-state index contributed by atoms with van der Waals surface area (Å²) < 4.78 is 30.4. The maximum atomic E-state index is 13.1. The molecule has 7 nitrogen and oxygen atoms in total. The van der Waals surface area contributed by atoms with E-state index in [1.807, 2.05) is 48.5 Å². The van der Waals surface area contributed by atoms with Gasteiger partial charge in [-0.15, -0.1) is 0 Å². The molecule has 31 heavy (non-hydrogen) atoms. The molecule has 0 aliphatic rings. The Bertz CT molecular complexity index is 1570. The van der Waals surface area contributed by atoms with Crippen LogP contribution in [0.4, 0.5) is 5.82 Å². The normalized spacial score (nSPS) is 11.5. The lowest BCUT2D eigenvalue weighted by atomic mass is 10.2. The first kappa shape index (κ1) is 18.8. The van der Waals surface area contributed by atoms with Crippen molar-refractivity contribution in [3.05, 3.63) is 90.5 Å². The average Bonchev–Trinajstić information content (AvgIpc) is 3.09. The Morgan fingerprint density at radius 1 is 0.806 bits per heavy atom. The molecule has 5 rings (SSSR count). The molecule has 0 spiro atoms. The molecule has 2 heterocycles. The zero-order valence-electron chi connectivity index (χ0n) is 16.1. The molecule has 150 valence electrons. The van der Waals surface area contributed by atoms with E-state index >= 15 is 0 Å². The van der Waals surface area contributed by atoms with Gasteiger partial charge >= 0.3 is 0 Å². The highest BCUT2D eigenvalue weighted by molar-refractivity contribution is 7.92. The van der Waals surface area contributed by atoms with Crippen molar-refractivity contribution in [2.24, 2.45) is 0 Å². The number of sulfonamides is 1. The summed E-state index contributed by atoms with van der Waals surface area (Å²) in [6.45, 7) is 0. The molecule has 0 amide bonds. The molecule has 0 aliphatic carbocycles. The Labute approximate surface area is 178 Å². The van der Waals surface area contributed by atoms with Crippen LogP contribution in [0.3, 0.4) is 0 Å². The summed E-state index contributed by atoms with van der Waals surface area (Å²) in [4.78, 5) is 9.41. The summed E-state index contributed by atoms with van der Waals surface area (Å²) in [6.07, 6.45) is 0. The minimum atomic E-state index is -3.95. The Kier molecular flexibility index (Phi) is 4.38. The highest BCUT2D eigenvalue weighted by Gasteiger charge is 2.26. The zero-order chi connectivity index (χ0) is 21.4. The van der Waals surface area contributed by atoms with Crippen LogP contribution in [0.15, 0.2) is 89.8 Å². The minimum absolute atomic E-state index is 0.0924. The van der Waals surface area contributed by atoms with E-state index < -0.39 is 10.0 Å². The van der Waals surface area contributed by atoms with Crippen LogP contribution in [0, 0.1) is 11.3 Å². The van der Waals surface area contributed by atoms with Crippen LogP contribution in [0.5, 0.6) is 0 Å². The van der Waals surface area contributed by atoms with E-state index in [2.05, 4.69) is 15.8 Å².